The monoisotopic (exact) mass is 422 g/mol. The summed E-state index contributed by atoms with van der Waals surface area (Å²) >= 11 is 1.19. The summed E-state index contributed by atoms with van der Waals surface area (Å²) in [5, 5.41) is 12.2. The molecule has 9 heteroatoms. The molecule has 2 aromatic carbocycles. The molecule has 0 spiro atoms. The summed E-state index contributed by atoms with van der Waals surface area (Å²) in [5.74, 6) is 0.610. The van der Waals surface area contributed by atoms with Gasteiger partial charge in [0.05, 0.1) is 23.1 Å². The molecule has 0 fully saturated rings. The molecular weight excluding hydrogens is 408 g/mol. The van der Waals surface area contributed by atoms with E-state index in [-0.39, 0.29) is 10.0 Å². The van der Waals surface area contributed by atoms with Crippen LogP contribution in [0.2, 0.25) is 0 Å². The lowest BCUT2D eigenvalue weighted by atomic mass is 9.96. The number of nitriles is 1. The molecule has 0 bridgehead atoms. The fraction of sp³-hybridized carbons (Fsp3) is 0.0500. The number of anilines is 1. The van der Waals surface area contributed by atoms with Crippen LogP contribution < -0.4 is 9.46 Å². The summed E-state index contributed by atoms with van der Waals surface area (Å²) in [7, 11) is -2.25. The van der Waals surface area contributed by atoms with E-state index in [1.54, 1.807) is 24.6 Å². The van der Waals surface area contributed by atoms with Crippen LogP contribution in [0, 0.1) is 11.3 Å². The Morgan fingerprint density at radius 2 is 2.00 bits per heavy atom. The van der Waals surface area contributed by atoms with Crippen molar-refractivity contribution >= 4 is 37.4 Å². The molecule has 144 valence electrons. The number of para-hydroxylation sites is 1. The van der Waals surface area contributed by atoms with Gasteiger partial charge in [0.2, 0.25) is 0 Å². The Morgan fingerprint density at radius 3 is 2.72 bits per heavy atom. The van der Waals surface area contributed by atoms with Crippen LogP contribution in [0.25, 0.3) is 22.0 Å². The van der Waals surface area contributed by atoms with Gasteiger partial charge in [-0.3, -0.25) is 9.71 Å². The van der Waals surface area contributed by atoms with E-state index < -0.39 is 10.0 Å². The van der Waals surface area contributed by atoms with Gasteiger partial charge in [0.1, 0.15) is 11.8 Å². The number of methoxy groups -OCH3 is 1. The number of hydrogen-bond acceptors (Lipinski definition) is 7. The standard InChI is InChI=1S/C20H14N4O3S2/c1-27-18-5-3-2-4-16(18)19-13(11-21)12-23-17-10-14(6-7-15(17)19)29(25,26)24-20-22-8-9-28-20/h2-10,12H,1H3,(H,22,24). The fourth-order valence-electron chi connectivity index (χ4n) is 3.01. The molecule has 2 aromatic heterocycles. The molecule has 0 aliphatic heterocycles. The maximum atomic E-state index is 12.7. The summed E-state index contributed by atoms with van der Waals surface area (Å²) in [6, 6.07) is 14.1. The topological polar surface area (TPSA) is 105 Å². The SMILES string of the molecule is COc1ccccc1-c1c(C#N)cnc2cc(S(=O)(=O)Nc3nccs3)ccc12. The molecule has 29 heavy (non-hydrogen) atoms. The van der Waals surface area contributed by atoms with Crippen LogP contribution in [-0.4, -0.2) is 25.5 Å². The molecule has 0 radical (unpaired) electrons. The van der Waals surface area contributed by atoms with E-state index in [0.29, 0.717) is 27.8 Å². The first kappa shape index (κ1) is 18.9. The van der Waals surface area contributed by atoms with Crippen molar-refractivity contribution in [1.82, 2.24) is 9.97 Å². The number of fused-ring (bicyclic) bond motifs is 1. The zero-order chi connectivity index (χ0) is 20.4. The Kier molecular flexibility index (Phi) is 4.88. The van der Waals surface area contributed by atoms with Crippen molar-refractivity contribution < 1.29 is 13.2 Å². The van der Waals surface area contributed by atoms with Crippen LogP contribution in [0.4, 0.5) is 5.13 Å². The van der Waals surface area contributed by atoms with Gasteiger partial charge < -0.3 is 4.74 Å². The highest BCUT2D eigenvalue weighted by Crippen LogP contribution is 2.37. The Morgan fingerprint density at radius 1 is 1.17 bits per heavy atom. The summed E-state index contributed by atoms with van der Waals surface area (Å²) in [6.07, 6.45) is 2.96. The lowest BCUT2D eigenvalue weighted by molar-refractivity contribution is 0.416. The highest BCUT2D eigenvalue weighted by Gasteiger charge is 2.19. The first-order valence-electron chi connectivity index (χ1n) is 8.42. The van der Waals surface area contributed by atoms with Crippen LogP contribution in [0.5, 0.6) is 5.75 Å². The van der Waals surface area contributed by atoms with Gasteiger partial charge in [-0.05, 0) is 18.2 Å². The lowest BCUT2D eigenvalue weighted by Crippen LogP contribution is -2.12. The summed E-state index contributed by atoms with van der Waals surface area (Å²) in [6.45, 7) is 0. The van der Waals surface area contributed by atoms with E-state index in [0.717, 1.165) is 5.56 Å². The van der Waals surface area contributed by atoms with Crippen molar-refractivity contribution in [2.24, 2.45) is 0 Å². The van der Waals surface area contributed by atoms with Crippen LogP contribution in [0.15, 0.2) is 65.1 Å². The minimum Gasteiger partial charge on any atom is -0.496 e. The van der Waals surface area contributed by atoms with Gasteiger partial charge in [-0.15, -0.1) is 11.3 Å². The third-order valence-corrected chi connectivity index (χ3v) is 6.46. The zero-order valence-electron chi connectivity index (χ0n) is 15.2. The number of aromatic nitrogens is 2. The quantitative estimate of drug-likeness (QED) is 0.520. The predicted octanol–water partition coefficient (Wildman–Crippen LogP) is 4.04. The van der Waals surface area contributed by atoms with Crippen LogP contribution >= 0.6 is 11.3 Å². The Hall–Kier alpha value is -3.48. The van der Waals surface area contributed by atoms with Gasteiger partial charge in [-0.1, -0.05) is 24.3 Å². The zero-order valence-corrected chi connectivity index (χ0v) is 16.8. The number of thiazole rings is 1. The molecule has 0 aliphatic carbocycles. The van der Waals surface area contributed by atoms with E-state index in [1.165, 1.54) is 35.9 Å². The molecule has 4 rings (SSSR count). The molecule has 4 aromatic rings. The van der Waals surface area contributed by atoms with Crippen molar-refractivity contribution in [2.75, 3.05) is 11.8 Å². The van der Waals surface area contributed by atoms with E-state index in [2.05, 4.69) is 20.8 Å². The van der Waals surface area contributed by atoms with Crippen LogP contribution in [0.3, 0.4) is 0 Å². The van der Waals surface area contributed by atoms with Crippen LogP contribution in [-0.2, 0) is 10.0 Å². The van der Waals surface area contributed by atoms with Crippen molar-refractivity contribution in [3.8, 4) is 22.9 Å². The molecule has 1 N–H and O–H groups in total. The van der Waals surface area contributed by atoms with E-state index in [4.69, 9.17) is 4.74 Å². The van der Waals surface area contributed by atoms with Gasteiger partial charge >= 0.3 is 0 Å². The number of nitrogens with one attached hydrogen (secondary N) is 1. The third kappa shape index (κ3) is 3.51. The fourth-order valence-corrected chi connectivity index (χ4v) is 4.82. The number of benzene rings is 2. The Labute approximate surface area is 171 Å². The number of pyridine rings is 1. The predicted molar refractivity (Wildman–Crippen MR) is 111 cm³/mol. The first-order valence-corrected chi connectivity index (χ1v) is 10.8. The molecule has 7 nitrogen and oxygen atoms in total. The molecule has 2 heterocycles. The number of nitrogens with zero attached hydrogens (tertiary/aromatic N) is 3. The molecular formula is C20H14N4O3S2. The van der Waals surface area contributed by atoms with Crippen molar-refractivity contribution in [3.63, 3.8) is 0 Å². The molecule has 0 amide bonds. The van der Waals surface area contributed by atoms with E-state index in [1.807, 2.05) is 18.2 Å². The smallest absolute Gasteiger partial charge is 0.263 e. The lowest BCUT2D eigenvalue weighted by Gasteiger charge is -2.13. The molecule has 0 saturated carbocycles. The maximum absolute atomic E-state index is 12.7. The minimum absolute atomic E-state index is 0.0587. The second-order valence-corrected chi connectivity index (χ2v) is 8.56. The Balaban J connectivity index is 1.89. The van der Waals surface area contributed by atoms with Crippen molar-refractivity contribution in [1.29, 1.82) is 5.26 Å². The molecule has 0 unspecified atom stereocenters. The average molecular weight is 422 g/mol. The number of rotatable bonds is 5. The van der Waals surface area contributed by atoms with Crippen molar-refractivity contribution in [2.45, 2.75) is 4.90 Å². The van der Waals surface area contributed by atoms with Gasteiger partial charge in [-0.25, -0.2) is 13.4 Å². The molecule has 0 atom stereocenters. The van der Waals surface area contributed by atoms with E-state index in [9.17, 15) is 13.7 Å². The second kappa shape index (κ2) is 7.50. The maximum Gasteiger partial charge on any atom is 0.263 e. The summed E-state index contributed by atoms with van der Waals surface area (Å²) in [4.78, 5) is 8.30. The van der Waals surface area contributed by atoms with Crippen LogP contribution in [0.1, 0.15) is 5.56 Å². The van der Waals surface area contributed by atoms with Gasteiger partial charge in [0.15, 0.2) is 5.13 Å². The summed E-state index contributed by atoms with van der Waals surface area (Å²) < 4.78 is 33.2. The number of hydrogen-bond donors (Lipinski definition) is 1. The first-order chi connectivity index (χ1) is 14.0. The second-order valence-electron chi connectivity index (χ2n) is 5.98. The number of sulfonamides is 1. The van der Waals surface area contributed by atoms with Gasteiger partial charge in [-0.2, -0.15) is 5.26 Å². The minimum atomic E-state index is -3.81. The average Bonchev–Trinajstić information content (AvgIpc) is 3.24. The highest BCUT2D eigenvalue weighted by molar-refractivity contribution is 7.93. The van der Waals surface area contributed by atoms with E-state index >= 15 is 0 Å². The largest absolute Gasteiger partial charge is 0.496 e. The third-order valence-electron chi connectivity index (χ3n) is 4.30. The molecule has 0 saturated heterocycles. The number of ether oxygens (including phenoxy) is 1. The Bertz CT molecular complexity index is 1340. The summed E-state index contributed by atoms with van der Waals surface area (Å²) in [5.41, 5.74) is 2.20. The van der Waals surface area contributed by atoms with Crippen molar-refractivity contribution in [3.05, 3.63) is 65.8 Å². The van der Waals surface area contributed by atoms with Gasteiger partial charge in [0.25, 0.3) is 10.0 Å². The highest BCUT2D eigenvalue weighted by atomic mass is 32.2. The van der Waals surface area contributed by atoms with Gasteiger partial charge in [0, 0.05) is 34.3 Å². The normalized spacial score (nSPS) is 11.2. The molecule has 0 aliphatic rings.